The maximum absolute atomic E-state index is 12.2. The Labute approximate surface area is 163 Å². The van der Waals surface area contributed by atoms with E-state index in [-0.39, 0.29) is 23.0 Å². The molecule has 0 aliphatic heterocycles. The van der Waals surface area contributed by atoms with Gasteiger partial charge in [-0.15, -0.1) is 0 Å². The molecule has 0 heterocycles. The molecule has 2 rings (SSSR count). The Kier molecular flexibility index (Phi) is 7.32. The van der Waals surface area contributed by atoms with Gasteiger partial charge in [-0.25, -0.2) is 8.42 Å². The zero-order valence-electron chi connectivity index (χ0n) is 14.2. The smallest absolute Gasteiger partial charge is 0.223 e. The van der Waals surface area contributed by atoms with Crippen LogP contribution in [0.1, 0.15) is 6.42 Å². The van der Waals surface area contributed by atoms with Gasteiger partial charge in [0.15, 0.2) is 9.84 Å². The van der Waals surface area contributed by atoms with Gasteiger partial charge >= 0.3 is 0 Å². The van der Waals surface area contributed by atoms with Gasteiger partial charge in [0.25, 0.3) is 0 Å². The molecule has 26 heavy (non-hydrogen) atoms. The number of hydrogen-bond acceptors (Lipinski definition) is 4. The number of carbonyl (C=O) groups excluding carboxylic acids is 1. The van der Waals surface area contributed by atoms with Crippen molar-refractivity contribution >= 4 is 38.9 Å². The van der Waals surface area contributed by atoms with Crippen molar-refractivity contribution in [2.24, 2.45) is 0 Å². The lowest BCUT2D eigenvalue weighted by molar-refractivity contribution is -0.129. The van der Waals surface area contributed by atoms with E-state index in [0.29, 0.717) is 28.9 Å². The van der Waals surface area contributed by atoms with Gasteiger partial charge in [-0.1, -0.05) is 23.2 Å². The van der Waals surface area contributed by atoms with Crippen molar-refractivity contribution in [3.8, 4) is 5.75 Å². The second kappa shape index (κ2) is 9.26. The van der Waals surface area contributed by atoms with E-state index in [1.807, 2.05) is 0 Å². The predicted molar refractivity (Wildman–Crippen MR) is 103 cm³/mol. The highest BCUT2D eigenvalue weighted by Gasteiger charge is 2.18. The molecule has 0 saturated carbocycles. The molecule has 5 nitrogen and oxygen atoms in total. The van der Waals surface area contributed by atoms with Crippen LogP contribution >= 0.6 is 23.2 Å². The lowest BCUT2D eigenvalue weighted by atomic mass is 10.3. The predicted octanol–water partition coefficient (Wildman–Crippen LogP) is 3.69. The topological polar surface area (TPSA) is 63.7 Å². The summed E-state index contributed by atoms with van der Waals surface area (Å²) in [5, 5.41) is 1.08. The van der Waals surface area contributed by atoms with Crippen molar-refractivity contribution in [3.63, 3.8) is 0 Å². The van der Waals surface area contributed by atoms with Crippen molar-refractivity contribution < 1.29 is 17.9 Å². The summed E-state index contributed by atoms with van der Waals surface area (Å²) in [6.07, 6.45) is -0.0948. The van der Waals surface area contributed by atoms with Crippen LogP contribution in [0.3, 0.4) is 0 Å². The number of nitrogens with zero attached hydrogens (tertiary/aromatic N) is 1. The van der Waals surface area contributed by atoms with E-state index in [1.165, 1.54) is 29.2 Å². The van der Waals surface area contributed by atoms with Gasteiger partial charge in [-0.3, -0.25) is 4.79 Å². The summed E-state index contributed by atoms with van der Waals surface area (Å²) in [6.45, 7) is 0.649. The molecule has 0 saturated heterocycles. The number of hydrogen-bond donors (Lipinski definition) is 0. The number of amides is 1. The largest absolute Gasteiger partial charge is 0.492 e. The molecule has 0 unspecified atom stereocenters. The van der Waals surface area contributed by atoms with Crippen LogP contribution in [-0.2, 0) is 14.6 Å². The SMILES string of the molecule is CN(CCOc1ccc(Cl)cc1)C(=O)CCS(=O)(=O)c1ccc(Cl)cc1. The highest BCUT2D eigenvalue weighted by molar-refractivity contribution is 7.91. The van der Waals surface area contributed by atoms with Crippen LogP contribution in [0.15, 0.2) is 53.4 Å². The molecule has 0 N–H and O–H groups in total. The number of likely N-dealkylation sites (N-methyl/N-ethyl adjacent to an activating group) is 1. The van der Waals surface area contributed by atoms with Crippen LogP contribution in [0.5, 0.6) is 5.75 Å². The van der Waals surface area contributed by atoms with E-state index >= 15 is 0 Å². The molecule has 2 aromatic rings. The second-order valence-electron chi connectivity index (χ2n) is 5.64. The summed E-state index contributed by atoms with van der Waals surface area (Å²) in [6, 6.07) is 12.8. The molecule has 0 aromatic heterocycles. The Morgan fingerprint density at radius 1 is 1.00 bits per heavy atom. The van der Waals surface area contributed by atoms with Crippen molar-refractivity contribution in [2.75, 3.05) is 26.0 Å². The monoisotopic (exact) mass is 415 g/mol. The Bertz CT molecular complexity index is 836. The van der Waals surface area contributed by atoms with Gasteiger partial charge < -0.3 is 9.64 Å². The van der Waals surface area contributed by atoms with Crippen molar-refractivity contribution in [3.05, 3.63) is 58.6 Å². The Morgan fingerprint density at radius 2 is 1.54 bits per heavy atom. The normalized spacial score (nSPS) is 11.2. The van der Waals surface area contributed by atoms with Crippen LogP contribution in [-0.4, -0.2) is 45.2 Å². The third-order valence-corrected chi connectivity index (χ3v) is 5.93. The fourth-order valence-corrected chi connectivity index (χ4v) is 3.61. The highest BCUT2D eigenvalue weighted by atomic mass is 35.5. The standard InChI is InChI=1S/C18H19Cl2NO4S/c1-21(11-12-25-16-6-2-14(19)3-7-16)18(22)10-13-26(23,24)17-8-4-15(20)5-9-17/h2-9H,10-13H2,1H3. The number of ether oxygens (including phenoxy) is 1. The quantitative estimate of drug-likeness (QED) is 0.659. The summed E-state index contributed by atoms with van der Waals surface area (Å²) < 4.78 is 30.0. The van der Waals surface area contributed by atoms with Crippen molar-refractivity contribution in [2.45, 2.75) is 11.3 Å². The maximum atomic E-state index is 12.2. The fourth-order valence-electron chi connectivity index (χ4n) is 2.13. The van der Waals surface area contributed by atoms with E-state index in [9.17, 15) is 13.2 Å². The van der Waals surface area contributed by atoms with Crippen LogP contribution in [0.4, 0.5) is 0 Å². The average Bonchev–Trinajstić information content (AvgIpc) is 2.61. The van der Waals surface area contributed by atoms with Gasteiger partial charge in [0, 0.05) is 23.5 Å². The molecule has 8 heteroatoms. The van der Waals surface area contributed by atoms with E-state index < -0.39 is 9.84 Å². The van der Waals surface area contributed by atoms with Gasteiger partial charge in [-0.05, 0) is 48.5 Å². The number of carbonyl (C=O) groups is 1. The minimum Gasteiger partial charge on any atom is -0.492 e. The van der Waals surface area contributed by atoms with Crippen LogP contribution < -0.4 is 4.74 Å². The molecule has 0 spiro atoms. The molecule has 140 valence electrons. The van der Waals surface area contributed by atoms with Crippen molar-refractivity contribution in [1.82, 2.24) is 4.90 Å². The first-order valence-electron chi connectivity index (χ1n) is 7.88. The van der Waals surface area contributed by atoms with E-state index in [4.69, 9.17) is 27.9 Å². The van der Waals surface area contributed by atoms with Gasteiger partial charge in [0.2, 0.25) is 5.91 Å². The third-order valence-electron chi connectivity index (χ3n) is 3.69. The Morgan fingerprint density at radius 3 is 2.12 bits per heavy atom. The van der Waals surface area contributed by atoms with E-state index in [1.54, 1.807) is 31.3 Å². The molecule has 0 radical (unpaired) electrons. The number of sulfone groups is 1. The maximum Gasteiger partial charge on any atom is 0.223 e. The van der Waals surface area contributed by atoms with Crippen LogP contribution in [0.25, 0.3) is 0 Å². The number of halogens is 2. The number of benzene rings is 2. The Hall–Kier alpha value is -1.76. The lowest BCUT2D eigenvalue weighted by Crippen LogP contribution is -2.32. The van der Waals surface area contributed by atoms with Gasteiger partial charge in [0.05, 0.1) is 17.2 Å². The molecule has 1 amide bonds. The number of rotatable bonds is 8. The Balaban J connectivity index is 1.79. The molecular weight excluding hydrogens is 397 g/mol. The van der Waals surface area contributed by atoms with E-state index in [0.717, 1.165) is 0 Å². The fraction of sp³-hybridized carbons (Fsp3) is 0.278. The summed E-state index contributed by atoms with van der Waals surface area (Å²) >= 11 is 11.6. The van der Waals surface area contributed by atoms with Crippen LogP contribution in [0, 0.1) is 0 Å². The minimum atomic E-state index is -3.52. The summed E-state index contributed by atoms with van der Waals surface area (Å²) in [5.41, 5.74) is 0. The molecule has 0 aliphatic rings. The summed E-state index contributed by atoms with van der Waals surface area (Å²) in [5.74, 6) is 0.137. The lowest BCUT2D eigenvalue weighted by Gasteiger charge is -2.17. The molecule has 2 aromatic carbocycles. The molecular formula is C18H19Cl2NO4S. The van der Waals surface area contributed by atoms with E-state index in [2.05, 4.69) is 0 Å². The van der Waals surface area contributed by atoms with Crippen LogP contribution in [0.2, 0.25) is 10.0 Å². The highest BCUT2D eigenvalue weighted by Crippen LogP contribution is 2.17. The van der Waals surface area contributed by atoms with Gasteiger partial charge in [-0.2, -0.15) is 0 Å². The first kappa shape index (κ1) is 20.6. The third kappa shape index (κ3) is 6.20. The molecule has 0 aliphatic carbocycles. The molecule has 0 bridgehead atoms. The molecule has 0 atom stereocenters. The van der Waals surface area contributed by atoms with Gasteiger partial charge in [0.1, 0.15) is 12.4 Å². The van der Waals surface area contributed by atoms with Crippen molar-refractivity contribution in [1.29, 1.82) is 0 Å². The molecule has 0 fully saturated rings. The summed E-state index contributed by atoms with van der Waals surface area (Å²) in [7, 11) is -1.91. The summed E-state index contributed by atoms with van der Waals surface area (Å²) in [4.78, 5) is 13.7. The first-order chi connectivity index (χ1) is 12.3. The first-order valence-corrected chi connectivity index (χ1v) is 10.3. The zero-order chi connectivity index (χ0) is 19.2. The second-order valence-corrected chi connectivity index (χ2v) is 8.62. The zero-order valence-corrected chi connectivity index (χ0v) is 16.5. The minimum absolute atomic E-state index is 0.0948. The average molecular weight is 416 g/mol.